The minimum Gasteiger partial charge on any atom is -0.348 e. The molecule has 0 bridgehead atoms. The molecule has 10 heteroatoms. The monoisotopic (exact) mass is 323 g/mol. The van der Waals surface area contributed by atoms with Crippen molar-refractivity contribution in [3.63, 3.8) is 0 Å². The van der Waals surface area contributed by atoms with Crippen LogP contribution in [0, 0.1) is 0 Å². The molecule has 3 heterocycles. The van der Waals surface area contributed by atoms with Crippen LogP contribution in [0.2, 0.25) is 0 Å². The Balaban J connectivity index is 2.05. The number of aromatic nitrogens is 3. The van der Waals surface area contributed by atoms with Crippen molar-refractivity contribution in [2.45, 2.75) is 23.9 Å². The molecule has 0 saturated heterocycles. The molecule has 1 atom stereocenters. The van der Waals surface area contributed by atoms with Crippen LogP contribution in [0.15, 0.2) is 35.7 Å². The molecule has 1 amide bonds. The van der Waals surface area contributed by atoms with Gasteiger partial charge in [-0.25, -0.2) is 18.9 Å². The normalized spacial score (nSPS) is 18.7. The predicted octanol–water partition coefficient (Wildman–Crippen LogP) is -0.574. The summed E-state index contributed by atoms with van der Waals surface area (Å²) in [4.78, 5) is 22.6. The van der Waals surface area contributed by atoms with Crippen LogP contribution < -0.4 is 5.48 Å². The zero-order valence-electron chi connectivity index (χ0n) is 11.3. The lowest BCUT2D eigenvalue weighted by Crippen LogP contribution is -2.51. The van der Waals surface area contributed by atoms with Gasteiger partial charge >= 0.3 is 0 Å². The molecule has 0 radical (unpaired) electrons. The van der Waals surface area contributed by atoms with Crippen LogP contribution in [-0.2, 0) is 27.8 Å². The summed E-state index contributed by atoms with van der Waals surface area (Å²) in [7, 11) is -3.92. The van der Waals surface area contributed by atoms with E-state index in [1.54, 1.807) is 0 Å². The molecule has 22 heavy (non-hydrogen) atoms. The first-order valence-corrected chi connectivity index (χ1v) is 7.85. The Labute approximate surface area is 126 Å². The first kappa shape index (κ1) is 14.6. The van der Waals surface area contributed by atoms with Gasteiger partial charge in [0.15, 0.2) is 0 Å². The first-order chi connectivity index (χ1) is 10.5. The third kappa shape index (κ3) is 2.36. The van der Waals surface area contributed by atoms with E-state index in [1.807, 2.05) is 0 Å². The highest BCUT2D eigenvalue weighted by atomic mass is 32.2. The van der Waals surface area contributed by atoms with Gasteiger partial charge in [-0.05, 0) is 12.1 Å². The molecule has 0 unspecified atom stereocenters. The molecule has 116 valence electrons. The van der Waals surface area contributed by atoms with Crippen molar-refractivity contribution in [3.8, 4) is 0 Å². The fourth-order valence-electron chi connectivity index (χ4n) is 2.41. The van der Waals surface area contributed by atoms with Crippen LogP contribution >= 0.6 is 0 Å². The fourth-order valence-corrected chi connectivity index (χ4v) is 3.95. The van der Waals surface area contributed by atoms with Gasteiger partial charge in [-0.1, -0.05) is 0 Å². The largest absolute Gasteiger partial charge is 0.348 e. The van der Waals surface area contributed by atoms with Crippen molar-refractivity contribution in [2.75, 3.05) is 0 Å². The number of pyridine rings is 1. The number of fused-ring (bicyclic) bond motifs is 1. The van der Waals surface area contributed by atoms with Crippen molar-refractivity contribution in [3.05, 3.63) is 42.2 Å². The Kier molecular flexibility index (Phi) is 3.64. The minimum atomic E-state index is -3.92. The zero-order valence-corrected chi connectivity index (χ0v) is 12.1. The van der Waals surface area contributed by atoms with Crippen LogP contribution in [0.3, 0.4) is 0 Å². The average molecular weight is 323 g/mol. The fraction of sp³-hybridized carbons (Fsp3) is 0.250. The van der Waals surface area contributed by atoms with E-state index in [9.17, 15) is 13.2 Å². The number of H-pyrrole nitrogens is 1. The summed E-state index contributed by atoms with van der Waals surface area (Å²) in [6.45, 7) is -0.0540. The number of sulfonamides is 1. The van der Waals surface area contributed by atoms with Crippen LogP contribution in [0.4, 0.5) is 0 Å². The quantitative estimate of drug-likeness (QED) is 0.512. The van der Waals surface area contributed by atoms with Gasteiger partial charge in [-0.15, -0.1) is 0 Å². The number of imidazole rings is 1. The van der Waals surface area contributed by atoms with E-state index < -0.39 is 22.0 Å². The Bertz CT molecular complexity index is 789. The van der Waals surface area contributed by atoms with Gasteiger partial charge in [-0.2, -0.15) is 4.31 Å². The highest BCUT2D eigenvalue weighted by molar-refractivity contribution is 7.89. The SMILES string of the molecule is O=C(NO)[C@H]1Cc2[nH]cnc2CN1S(=O)(=O)c1ccncc1. The van der Waals surface area contributed by atoms with Crippen molar-refractivity contribution in [1.29, 1.82) is 0 Å². The molecule has 0 aromatic carbocycles. The lowest BCUT2D eigenvalue weighted by atomic mass is 10.1. The Hall–Kier alpha value is -2.30. The summed E-state index contributed by atoms with van der Waals surface area (Å²) in [5.74, 6) is -0.794. The molecule has 9 nitrogen and oxygen atoms in total. The molecular weight excluding hydrogens is 310 g/mol. The Morgan fingerprint density at radius 1 is 1.41 bits per heavy atom. The second-order valence-electron chi connectivity index (χ2n) is 4.76. The summed E-state index contributed by atoms with van der Waals surface area (Å²) in [5, 5.41) is 8.88. The van der Waals surface area contributed by atoms with E-state index in [1.165, 1.54) is 36.3 Å². The zero-order chi connectivity index (χ0) is 15.7. The summed E-state index contributed by atoms with van der Waals surface area (Å²) in [6.07, 6.45) is 4.27. The van der Waals surface area contributed by atoms with Crippen molar-refractivity contribution in [1.82, 2.24) is 24.7 Å². The molecular formula is C12H13N5O4S. The molecule has 0 fully saturated rings. The summed E-state index contributed by atoms with van der Waals surface area (Å²) >= 11 is 0. The second-order valence-corrected chi connectivity index (χ2v) is 6.65. The maximum absolute atomic E-state index is 12.7. The smallest absolute Gasteiger partial charge is 0.262 e. The Morgan fingerprint density at radius 3 is 2.82 bits per heavy atom. The predicted molar refractivity (Wildman–Crippen MR) is 73.0 cm³/mol. The van der Waals surface area contributed by atoms with Crippen LogP contribution in [0.1, 0.15) is 11.4 Å². The maximum atomic E-state index is 12.7. The number of nitrogens with zero attached hydrogens (tertiary/aromatic N) is 3. The van der Waals surface area contributed by atoms with Crippen molar-refractivity contribution >= 4 is 15.9 Å². The molecule has 2 aromatic rings. The highest BCUT2D eigenvalue weighted by Crippen LogP contribution is 2.27. The van der Waals surface area contributed by atoms with E-state index in [0.717, 1.165) is 4.31 Å². The van der Waals surface area contributed by atoms with E-state index in [2.05, 4.69) is 15.0 Å². The number of hydrogen-bond acceptors (Lipinski definition) is 6. The average Bonchev–Trinajstić information content (AvgIpc) is 3.01. The van der Waals surface area contributed by atoms with E-state index in [0.29, 0.717) is 11.4 Å². The van der Waals surface area contributed by atoms with Crippen molar-refractivity contribution < 1.29 is 18.4 Å². The lowest BCUT2D eigenvalue weighted by molar-refractivity contribution is -0.133. The van der Waals surface area contributed by atoms with Crippen LogP contribution in [0.5, 0.6) is 0 Å². The van der Waals surface area contributed by atoms with Crippen LogP contribution in [-0.4, -0.2) is 44.8 Å². The maximum Gasteiger partial charge on any atom is 0.262 e. The number of rotatable bonds is 3. The number of carbonyl (C=O) groups excluding carboxylic acids is 1. The summed E-state index contributed by atoms with van der Waals surface area (Å²) in [5.41, 5.74) is 2.75. The van der Waals surface area contributed by atoms with Crippen LogP contribution in [0.25, 0.3) is 0 Å². The second kappa shape index (κ2) is 5.48. The van der Waals surface area contributed by atoms with Crippen molar-refractivity contribution in [2.24, 2.45) is 0 Å². The van der Waals surface area contributed by atoms with Gasteiger partial charge in [0.1, 0.15) is 6.04 Å². The lowest BCUT2D eigenvalue weighted by Gasteiger charge is -2.32. The Morgan fingerprint density at radius 2 is 2.14 bits per heavy atom. The highest BCUT2D eigenvalue weighted by Gasteiger charge is 2.40. The molecule has 0 aliphatic carbocycles. The molecule has 1 aliphatic heterocycles. The molecule has 1 aliphatic rings. The van der Waals surface area contributed by atoms with E-state index in [-0.39, 0.29) is 17.9 Å². The topological polar surface area (TPSA) is 128 Å². The van der Waals surface area contributed by atoms with Gasteiger partial charge in [-0.3, -0.25) is 15.0 Å². The third-order valence-electron chi connectivity index (χ3n) is 3.53. The summed E-state index contributed by atoms with van der Waals surface area (Å²) in [6, 6.07) is 1.64. The number of hydrogen-bond donors (Lipinski definition) is 3. The van der Waals surface area contributed by atoms with E-state index in [4.69, 9.17) is 5.21 Å². The number of nitrogens with one attached hydrogen (secondary N) is 2. The molecule has 3 rings (SSSR count). The number of carbonyl (C=O) groups is 1. The number of hydroxylamine groups is 1. The first-order valence-electron chi connectivity index (χ1n) is 6.41. The van der Waals surface area contributed by atoms with E-state index >= 15 is 0 Å². The molecule has 3 N–H and O–H groups in total. The van der Waals surface area contributed by atoms with Gasteiger partial charge in [0, 0.05) is 24.5 Å². The minimum absolute atomic E-state index is 0.0252. The van der Waals surface area contributed by atoms with Gasteiger partial charge in [0.05, 0.1) is 23.5 Å². The van der Waals surface area contributed by atoms with Gasteiger partial charge in [0.2, 0.25) is 10.0 Å². The molecule has 0 spiro atoms. The number of amides is 1. The third-order valence-corrected chi connectivity index (χ3v) is 5.40. The standard InChI is InChI=1S/C12H13N5O4S/c18-12(16-19)11-5-9-10(15-7-14-9)6-17(11)22(20,21)8-1-3-13-4-2-8/h1-4,7,11,19H,5-6H2,(H,14,15)(H,16,18)/t11-/m1/s1. The molecule has 0 saturated carbocycles. The summed E-state index contributed by atoms with van der Waals surface area (Å²) < 4.78 is 26.5. The van der Waals surface area contributed by atoms with Gasteiger partial charge < -0.3 is 4.98 Å². The molecule has 2 aromatic heterocycles. The number of aromatic amines is 1. The van der Waals surface area contributed by atoms with Gasteiger partial charge in [0.25, 0.3) is 5.91 Å².